The lowest BCUT2D eigenvalue weighted by Gasteiger charge is -2.46. The SMILES string of the molecule is N=C1NCC(C(O)[C@H](NC(=O)[C@@H](N)Cc2ccc(O)cc2)C(=O)N[C@@H](C(=O)N[C@H]([C]=O)CO)C(O)C2CNC(=N)N2C2O[C@H](CO)[C@@H](O)[C@H](O)[C@@H]2O)N1. The quantitative estimate of drug-likeness (QED) is 0.0745. The van der Waals surface area contributed by atoms with Crippen molar-refractivity contribution in [2.75, 3.05) is 26.3 Å². The second-order valence-electron chi connectivity index (χ2n) is 12.7. The first-order chi connectivity index (χ1) is 25.1. The lowest BCUT2D eigenvalue weighted by atomic mass is 9.95. The Morgan fingerprint density at radius 3 is 2.13 bits per heavy atom. The van der Waals surface area contributed by atoms with Gasteiger partial charge in [0.25, 0.3) is 0 Å². The zero-order chi connectivity index (χ0) is 39.1. The van der Waals surface area contributed by atoms with Gasteiger partial charge < -0.3 is 88.1 Å². The van der Waals surface area contributed by atoms with Crippen molar-refractivity contribution in [3.63, 3.8) is 0 Å². The highest BCUT2D eigenvalue weighted by molar-refractivity contribution is 5.95. The number of ether oxygens (including phenoxy) is 1. The number of nitrogens with one attached hydrogen (secondary N) is 8. The number of aliphatic hydroxyl groups excluding tert-OH is 7. The normalized spacial score (nSPS) is 29.0. The van der Waals surface area contributed by atoms with E-state index in [1.54, 1.807) is 0 Å². The van der Waals surface area contributed by atoms with Gasteiger partial charge in [-0.05, 0) is 24.1 Å². The molecule has 1 aromatic rings. The van der Waals surface area contributed by atoms with E-state index in [1.165, 1.54) is 30.6 Å². The largest absolute Gasteiger partial charge is 0.508 e. The highest BCUT2D eigenvalue weighted by Gasteiger charge is 2.52. The predicted octanol–water partition coefficient (Wildman–Crippen LogP) is -8.96. The molecule has 3 saturated heterocycles. The molecule has 3 fully saturated rings. The highest BCUT2D eigenvalue weighted by Crippen LogP contribution is 2.28. The molecule has 13 atom stereocenters. The third-order valence-electron chi connectivity index (χ3n) is 9.08. The summed E-state index contributed by atoms with van der Waals surface area (Å²) in [4.78, 5) is 53.1. The highest BCUT2D eigenvalue weighted by atomic mass is 16.6. The molecule has 293 valence electrons. The number of phenols is 1. The van der Waals surface area contributed by atoms with E-state index in [-0.39, 0.29) is 31.2 Å². The monoisotopic (exact) mass is 753 g/mol. The van der Waals surface area contributed by atoms with E-state index in [9.17, 15) is 60.0 Å². The third-order valence-corrected chi connectivity index (χ3v) is 9.08. The van der Waals surface area contributed by atoms with E-state index in [0.29, 0.717) is 5.56 Å². The zero-order valence-corrected chi connectivity index (χ0v) is 28.0. The molecule has 18 N–H and O–H groups in total. The van der Waals surface area contributed by atoms with Crippen LogP contribution in [-0.4, -0.2) is 187 Å². The maximum atomic E-state index is 14.0. The fourth-order valence-corrected chi connectivity index (χ4v) is 6.10. The van der Waals surface area contributed by atoms with Crippen molar-refractivity contribution in [2.24, 2.45) is 5.73 Å². The lowest BCUT2D eigenvalue weighted by molar-refractivity contribution is -0.260. The molecule has 0 aromatic heterocycles. The van der Waals surface area contributed by atoms with E-state index >= 15 is 0 Å². The Hall–Kier alpha value is -4.72. The molecule has 1 radical (unpaired) electrons. The maximum absolute atomic E-state index is 14.0. The number of phenolic OH excluding ortho intramolecular Hbond substituents is 1. The van der Waals surface area contributed by atoms with Crippen LogP contribution in [0.15, 0.2) is 24.3 Å². The Morgan fingerprint density at radius 2 is 1.55 bits per heavy atom. The van der Waals surface area contributed by atoms with E-state index in [2.05, 4.69) is 31.9 Å². The molecule has 23 nitrogen and oxygen atoms in total. The predicted molar refractivity (Wildman–Crippen MR) is 178 cm³/mol. The van der Waals surface area contributed by atoms with E-state index < -0.39 is 116 Å². The van der Waals surface area contributed by atoms with Crippen LogP contribution in [0.3, 0.4) is 0 Å². The van der Waals surface area contributed by atoms with Gasteiger partial charge in [0, 0.05) is 13.1 Å². The van der Waals surface area contributed by atoms with Crippen LogP contribution in [0.5, 0.6) is 5.75 Å². The Bertz CT molecular complexity index is 1490. The fraction of sp³-hybridized carbons (Fsp3) is 0.600. The van der Waals surface area contributed by atoms with Gasteiger partial charge in [0.15, 0.2) is 18.1 Å². The van der Waals surface area contributed by atoms with Crippen LogP contribution >= 0.6 is 0 Å². The number of guanidine groups is 2. The van der Waals surface area contributed by atoms with Gasteiger partial charge in [0.1, 0.15) is 60.5 Å². The van der Waals surface area contributed by atoms with Crippen molar-refractivity contribution in [1.82, 2.24) is 36.8 Å². The number of hydrogen-bond donors (Lipinski definition) is 17. The number of hydrogen-bond acceptors (Lipinski definition) is 16. The first-order valence-electron chi connectivity index (χ1n) is 16.4. The second-order valence-corrected chi connectivity index (χ2v) is 12.7. The standard InChI is InChI=1S/C30H45N10O13/c31-14(5-11-1-3-13(44)4-2-11)25(50)38-18(20(45)15-6-34-29(32)37-15)27(52)39-19(26(51)36-12(8-41)9-42)21(46)16-7-35-30(33)40(16)28-24(49)23(48)22(47)17(10-43)53-28/h1-4,12,14-24,28,41,43-49H,5-8,10,31H2,(H2,33,35)(H,36,51)(H,38,50)(H,39,52)(H3,32,34,37)/t12-,14-,15?,16?,17+,18-,19+,20?,21?,22+,23-,24-,28?/m0/s1. The molecule has 3 aliphatic heterocycles. The van der Waals surface area contributed by atoms with Crippen LogP contribution in [0.25, 0.3) is 0 Å². The molecule has 5 unspecified atom stereocenters. The average molecular weight is 754 g/mol. The summed E-state index contributed by atoms with van der Waals surface area (Å²) in [5, 5.41) is 114. The van der Waals surface area contributed by atoms with Gasteiger partial charge in [-0.2, -0.15) is 0 Å². The number of nitrogens with zero attached hydrogens (tertiary/aromatic N) is 1. The van der Waals surface area contributed by atoms with Crippen LogP contribution in [0.1, 0.15) is 5.56 Å². The number of carbonyl (C=O) groups excluding carboxylic acids is 4. The van der Waals surface area contributed by atoms with Crippen molar-refractivity contribution in [2.45, 2.75) is 85.5 Å². The summed E-state index contributed by atoms with van der Waals surface area (Å²) in [5.74, 6) is -4.26. The van der Waals surface area contributed by atoms with Gasteiger partial charge in [-0.15, -0.1) is 0 Å². The third kappa shape index (κ3) is 9.45. The number of benzene rings is 1. The zero-order valence-electron chi connectivity index (χ0n) is 28.0. The van der Waals surface area contributed by atoms with Crippen molar-refractivity contribution >= 4 is 35.9 Å². The van der Waals surface area contributed by atoms with Gasteiger partial charge in [0.2, 0.25) is 24.0 Å². The molecular formula is C30H45N10O13. The second kappa shape index (κ2) is 17.9. The van der Waals surface area contributed by atoms with E-state index in [4.69, 9.17) is 21.3 Å². The minimum atomic E-state index is -2.11. The Morgan fingerprint density at radius 1 is 0.925 bits per heavy atom. The molecule has 0 bridgehead atoms. The number of amides is 3. The molecule has 0 spiro atoms. The van der Waals surface area contributed by atoms with Gasteiger partial charge in [0.05, 0.1) is 31.3 Å². The molecule has 1 aromatic carbocycles. The minimum Gasteiger partial charge on any atom is -0.508 e. The molecule has 0 saturated carbocycles. The van der Waals surface area contributed by atoms with E-state index in [0.717, 1.165) is 4.90 Å². The van der Waals surface area contributed by atoms with Gasteiger partial charge in [-0.25, -0.2) is 0 Å². The van der Waals surface area contributed by atoms with E-state index in [1.807, 2.05) is 0 Å². The van der Waals surface area contributed by atoms with Crippen molar-refractivity contribution < 1.29 is 64.8 Å². The van der Waals surface area contributed by atoms with Crippen LogP contribution < -0.4 is 37.6 Å². The summed E-state index contributed by atoms with van der Waals surface area (Å²) in [5.41, 5.74) is 6.63. The summed E-state index contributed by atoms with van der Waals surface area (Å²) in [6.07, 6.45) is -11.3. The molecule has 23 heteroatoms. The molecule has 3 aliphatic rings. The summed E-state index contributed by atoms with van der Waals surface area (Å²) in [6, 6.07) is -3.75. The summed E-state index contributed by atoms with van der Waals surface area (Å²) in [6.45, 7) is -2.20. The number of nitrogens with two attached hydrogens (primary N) is 1. The number of aliphatic hydroxyl groups is 7. The average Bonchev–Trinajstić information content (AvgIpc) is 3.76. The number of carbonyl (C=O) groups is 3. The summed E-state index contributed by atoms with van der Waals surface area (Å²) in [7, 11) is 0. The van der Waals surface area contributed by atoms with Gasteiger partial charge >= 0.3 is 0 Å². The lowest BCUT2D eigenvalue weighted by Crippen LogP contribution is -2.69. The number of rotatable bonds is 16. The Labute approximate surface area is 301 Å². The molecule has 0 aliphatic carbocycles. The topological polar surface area (TPSA) is 388 Å². The van der Waals surface area contributed by atoms with Crippen LogP contribution in [-0.2, 0) is 30.3 Å². The van der Waals surface area contributed by atoms with Crippen molar-refractivity contribution in [3.8, 4) is 5.75 Å². The van der Waals surface area contributed by atoms with Crippen LogP contribution in [0.2, 0.25) is 0 Å². The smallest absolute Gasteiger partial charge is 0.246 e. The van der Waals surface area contributed by atoms with Crippen molar-refractivity contribution in [1.29, 1.82) is 10.8 Å². The summed E-state index contributed by atoms with van der Waals surface area (Å²) < 4.78 is 5.55. The molecule has 3 heterocycles. The first kappa shape index (κ1) is 41.0. The molecular weight excluding hydrogens is 708 g/mol. The summed E-state index contributed by atoms with van der Waals surface area (Å²) >= 11 is 0. The van der Waals surface area contributed by atoms with Crippen LogP contribution in [0, 0.1) is 10.8 Å². The van der Waals surface area contributed by atoms with Gasteiger partial charge in [-0.3, -0.25) is 30.0 Å². The van der Waals surface area contributed by atoms with Crippen LogP contribution in [0.4, 0.5) is 0 Å². The Kier molecular flexibility index (Phi) is 13.8. The van der Waals surface area contributed by atoms with Crippen molar-refractivity contribution in [3.05, 3.63) is 29.8 Å². The Balaban J connectivity index is 1.64. The first-order valence-corrected chi connectivity index (χ1v) is 16.4. The molecule has 53 heavy (non-hydrogen) atoms. The minimum absolute atomic E-state index is 0.0338. The fourth-order valence-electron chi connectivity index (χ4n) is 6.10. The molecule has 3 amide bonds. The van der Waals surface area contributed by atoms with Gasteiger partial charge in [-0.1, -0.05) is 12.1 Å². The maximum Gasteiger partial charge on any atom is 0.246 e. The number of aromatic hydroxyl groups is 1. The molecule has 4 rings (SSSR count).